The number of rotatable bonds is 4. The number of halogens is 3. The number of alkyl halides is 3. The number of benzene rings is 2. The Balaban J connectivity index is 1.44. The molecule has 1 aromatic heterocycles. The average molecular weight is 526 g/mol. The van der Waals surface area contributed by atoms with Crippen LogP contribution in [0.3, 0.4) is 0 Å². The molecule has 0 saturated carbocycles. The van der Waals surface area contributed by atoms with E-state index in [9.17, 15) is 22.8 Å². The van der Waals surface area contributed by atoms with Crippen LogP contribution in [0.5, 0.6) is 0 Å². The molecule has 0 bridgehead atoms. The van der Waals surface area contributed by atoms with Gasteiger partial charge in [-0.25, -0.2) is 0 Å². The molecular formula is C28H26F3N3O4. The molecule has 1 saturated heterocycles. The van der Waals surface area contributed by atoms with E-state index in [0.29, 0.717) is 31.9 Å². The maximum absolute atomic E-state index is 13.0. The molecule has 10 heteroatoms. The predicted molar refractivity (Wildman–Crippen MR) is 135 cm³/mol. The molecule has 0 aliphatic carbocycles. The van der Waals surface area contributed by atoms with Gasteiger partial charge in [0.1, 0.15) is 5.69 Å². The lowest BCUT2D eigenvalue weighted by Gasteiger charge is -2.45. The number of methoxy groups -OCH3 is 1. The van der Waals surface area contributed by atoms with Crippen molar-refractivity contribution in [2.24, 2.45) is 5.92 Å². The minimum absolute atomic E-state index is 0.118. The molecule has 1 amide bonds. The second-order valence-corrected chi connectivity index (χ2v) is 9.42. The molecular weight excluding hydrogens is 499 g/mol. The van der Waals surface area contributed by atoms with Gasteiger partial charge in [0.15, 0.2) is 0 Å². The Morgan fingerprint density at radius 3 is 2.71 bits per heavy atom. The predicted octanol–water partition coefficient (Wildman–Crippen LogP) is 4.88. The summed E-state index contributed by atoms with van der Waals surface area (Å²) in [4.78, 5) is 30.7. The standard InChI is InChI=1S/C28H26F3N3O4/c1-16-3-6-20(33-26(35)19-7-8-32-25(13-19)28(29,30)31)14-21(16)17-4-5-18-11-22(27(36)37-2)24-15-38-10-9-34(24)23(18)12-17/h3-8,12-14,22,24H,9-11,15H2,1-2H3,(H,33,35)/t22-,24-/m1/s1. The quantitative estimate of drug-likeness (QED) is 0.490. The van der Waals surface area contributed by atoms with Crippen LogP contribution in [-0.4, -0.2) is 49.8 Å². The SMILES string of the molecule is COC(=O)[C@@H]1Cc2ccc(-c3cc(NC(=O)c4ccnc(C(F)(F)F)c4)ccc3C)cc2N2CCOC[C@H]12. The molecule has 3 aromatic rings. The highest BCUT2D eigenvalue weighted by Crippen LogP contribution is 2.39. The van der Waals surface area contributed by atoms with Gasteiger partial charge in [0.25, 0.3) is 5.91 Å². The average Bonchev–Trinajstić information content (AvgIpc) is 2.92. The van der Waals surface area contributed by atoms with Crippen molar-refractivity contribution in [2.75, 3.05) is 37.1 Å². The lowest BCUT2D eigenvalue weighted by atomic mass is 9.84. The summed E-state index contributed by atoms with van der Waals surface area (Å²) in [6.07, 6.45) is -3.13. The molecule has 38 heavy (non-hydrogen) atoms. The van der Waals surface area contributed by atoms with Crippen LogP contribution in [0, 0.1) is 12.8 Å². The number of esters is 1. The second kappa shape index (κ2) is 10.1. The normalized spacial score (nSPS) is 18.8. The number of nitrogens with one attached hydrogen (secondary N) is 1. The first-order valence-corrected chi connectivity index (χ1v) is 12.2. The number of nitrogens with zero attached hydrogens (tertiary/aromatic N) is 2. The van der Waals surface area contributed by atoms with Crippen molar-refractivity contribution in [3.63, 3.8) is 0 Å². The topological polar surface area (TPSA) is 80.8 Å². The monoisotopic (exact) mass is 525 g/mol. The number of morpholine rings is 1. The van der Waals surface area contributed by atoms with Crippen molar-refractivity contribution in [1.82, 2.24) is 4.98 Å². The number of carbonyl (C=O) groups is 2. The number of carbonyl (C=O) groups excluding carboxylic acids is 2. The number of aryl methyl sites for hydroxylation is 1. The van der Waals surface area contributed by atoms with Crippen LogP contribution in [0.1, 0.15) is 27.2 Å². The first kappa shape index (κ1) is 25.7. The minimum atomic E-state index is -4.64. The van der Waals surface area contributed by atoms with E-state index in [0.717, 1.165) is 40.2 Å². The third-order valence-corrected chi connectivity index (χ3v) is 7.09. The van der Waals surface area contributed by atoms with E-state index < -0.39 is 17.8 Å². The van der Waals surface area contributed by atoms with Gasteiger partial charge in [0.05, 0.1) is 32.3 Å². The lowest BCUT2D eigenvalue weighted by Crippen LogP contribution is -2.55. The maximum atomic E-state index is 13.0. The summed E-state index contributed by atoms with van der Waals surface area (Å²) in [6, 6.07) is 13.3. The van der Waals surface area contributed by atoms with Gasteiger partial charge >= 0.3 is 12.1 Å². The fourth-order valence-electron chi connectivity index (χ4n) is 5.13. The molecule has 2 aliphatic heterocycles. The third kappa shape index (κ3) is 4.96. The Morgan fingerprint density at radius 1 is 1.13 bits per heavy atom. The number of hydrogen-bond donors (Lipinski definition) is 1. The number of fused-ring (bicyclic) bond motifs is 3. The highest BCUT2D eigenvalue weighted by atomic mass is 19.4. The van der Waals surface area contributed by atoms with E-state index in [1.165, 1.54) is 13.2 Å². The van der Waals surface area contributed by atoms with E-state index in [4.69, 9.17) is 9.47 Å². The smallest absolute Gasteiger partial charge is 0.433 e. The molecule has 3 heterocycles. The van der Waals surface area contributed by atoms with Gasteiger partial charge in [-0.1, -0.05) is 18.2 Å². The van der Waals surface area contributed by atoms with Crippen molar-refractivity contribution in [3.8, 4) is 11.1 Å². The summed E-state index contributed by atoms with van der Waals surface area (Å²) >= 11 is 0. The van der Waals surface area contributed by atoms with Crippen LogP contribution >= 0.6 is 0 Å². The Hall–Kier alpha value is -3.92. The van der Waals surface area contributed by atoms with Crippen LogP contribution in [0.15, 0.2) is 54.7 Å². The summed E-state index contributed by atoms with van der Waals surface area (Å²) in [5.41, 5.74) is 4.02. The van der Waals surface area contributed by atoms with Gasteiger partial charge in [-0.3, -0.25) is 14.6 Å². The van der Waals surface area contributed by atoms with E-state index in [2.05, 4.69) is 21.3 Å². The summed E-state index contributed by atoms with van der Waals surface area (Å²) < 4.78 is 49.8. The van der Waals surface area contributed by atoms with Gasteiger partial charge < -0.3 is 19.7 Å². The minimum Gasteiger partial charge on any atom is -0.469 e. The van der Waals surface area contributed by atoms with Crippen molar-refractivity contribution >= 4 is 23.3 Å². The highest BCUT2D eigenvalue weighted by Gasteiger charge is 2.41. The van der Waals surface area contributed by atoms with Crippen LogP contribution < -0.4 is 10.2 Å². The molecule has 0 radical (unpaired) electrons. The molecule has 5 rings (SSSR count). The lowest BCUT2D eigenvalue weighted by molar-refractivity contribution is -0.147. The molecule has 1 fully saturated rings. The molecule has 198 valence electrons. The van der Waals surface area contributed by atoms with E-state index >= 15 is 0 Å². The zero-order valence-electron chi connectivity index (χ0n) is 20.8. The van der Waals surface area contributed by atoms with Crippen LogP contribution in [-0.2, 0) is 26.9 Å². The number of pyridine rings is 1. The number of anilines is 2. The number of ether oxygens (including phenoxy) is 2. The summed E-state index contributed by atoms with van der Waals surface area (Å²) in [5, 5.41) is 2.69. The molecule has 7 nitrogen and oxygen atoms in total. The largest absolute Gasteiger partial charge is 0.469 e. The van der Waals surface area contributed by atoms with Gasteiger partial charge in [-0.15, -0.1) is 0 Å². The number of aromatic nitrogens is 1. The fraction of sp³-hybridized carbons (Fsp3) is 0.321. The van der Waals surface area contributed by atoms with Crippen LogP contribution in [0.2, 0.25) is 0 Å². The maximum Gasteiger partial charge on any atom is 0.433 e. The molecule has 2 aliphatic rings. The van der Waals surface area contributed by atoms with Gasteiger partial charge in [0.2, 0.25) is 0 Å². The van der Waals surface area contributed by atoms with Crippen molar-refractivity contribution < 1.29 is 32.2 Å². The zero-order valence-corrected chi connectivity index (χ0v) is 20.8. The van der Waals surface area contributed by atoms with E-state index in [-0.39, 0.29) is 23.5 Å². The van der Waals surface area contributed by atoms with Crippen molar-refractivity contribution in [1.29, 1.82) is 0 Å². The highest BCUT2D eigenvalue weighted by molar-refractivity contribution is 6.04. The van der Waals surface area contributed by atoms with Crippen molar-refractivity contribution in [2.45, 2.75) is 25.6 Å². The van der Waals surface area contributed by atoms with Crippen LogP contribution in [0.25, 0.3) is 11.1 Å². The Kier molecular flexibility index (Phi) is 6.83. The van der Waals surface area contributed by atoms with Gasteiger partial charge in [-0.05, 0) is 65.9 Å². The summed E-state index contributed by atoms with van der Waals surface area (Å²) in [5.74, 6) is -1.23. The van der Waals surface area contributed by atoms with E-state index in [1.807, 2.05) is 25.1 Å². The third-order valence-electron chi connectivity index (χ3n) is 7.09. The number of amides is 1. The first-order valence-electron chi connectivity index (χ1n) is 12.2. The molecule has 0 unspecified atom stereocenters. The number of hydrogen-bond acceptors (Lipinski definition) is 6. The summed E-state index contributed by atoms with van der Waals surface area (Å²) in [7, 11) is 1.40. The Bertz CT molecular complexity index is 1390. The second-order valence-electron chi connectivity index (χ2n) is 9.42. The van der Waals surface area contributed by atoms with Crippen LogP contribution in [0.4, 0.5) is 24.5 Å². The van der Waals surface area contributed by atoms with Gasteiger partial charge in [-0.2, -0.15) is 13.2 Å². The Labute approximate surface area is 217 Å². The zero-order chi connectivity index (χ0) is 27.0. The molecule has 0 spiro atoms. The Morgan fingerprint density at radius 2 is 1.95 bits per heavy atom. The summed E-state index contributed by atoms with van der Waals surface area (Å²) in [6.45, 7) is 3.59. The molecule has 2 aromatic carbocycles. The first-order chi connectivity index (χ1) is 18.2. The van der Waals surface area contributed by atoms with Gasteiger partial charge in [0, 0.05) is 29.7 Å². The molecule has 2 atom stereocenters. The van der Waals surface area contributed by atoms with Crippen molar-refractivity contribution in [3.05, 3.63) is 77.1 Å². The van der Waals surface area contributed by atoms with E-state index in [1.54, 1.807) is 12.1 Å². The molecule has 1 N–H and O–H groups in total. The fourth-order valence-corrected chi connectivity index (χ4v) is 5.13.